The molecule has 0 radical (unpaired) electrons. The van der Waals surface area contributed by atoms with Crippen LogP contribution in [0.2, 0.25) is 5.15 Å². The number of benzene rings is 1. The lowest BCUT2D eigenvalue weighted by molar-refractivity contribution is -0.178. The standard InChI is InChI=1S/C20H19ClF3N5O2/c1-27(19(30)31-2)18(20(22,23)24)12-5-7-13(8-6-12)28-9-3-4-14-15(28)11-25-17-10-16(21)26-29(14)17/h5-8,10-11,18H,3-4,9H2,1-2H3/t18-/m0/s1. The zero-order chi connectivity index (χ0) is 22.3. The number of anilines is 2. The van der Waals surface area contributed by atoms with Crippen molar-refractivity contribution in [3.05, 3.63) is 52.9 Å². The molecule has 1 atom stereocenters. The highest BCUT2D eigenvalue weighted by Crippen LogP contribution is 2.39. The summed E-state index contributed by atoms with van der Waals surface area (Å²) in [4.78, 5) is 18.6. The highest BCUT2D eigenvalue weighted by molar-refractivity contribution is 6.29. The molecule has 0 aliphatic carbocycles. The molecule has 0 saturated heterocycles. The Kier molecular flexibility index (Phi) is 5.42. The summed E-state index contributed by atoms with van der Waals surface area (Å²) in [5.74, 6) is 0. The number of alkyl halides is 3. The van der Waals surface area contributed by atoms with E-state index in [1.807, 2.05) is 4.90 Å². The molecule has 1 aromatic carbocycles. The Morgan fingerprint density at radius 1 is 1.29 bits per heavy atom. The van der Waals surface area contributed by atoms with Gasteiger partial charge in [-0.15, -0.1) is 0 Å². The molecule has 3 heterocycles. The number of nitrogens with zero attached hydrogens (tertiary/aromatic N) is 5. The number of methoxy groups -OCH3 is 1. The fraction of sp³-hybridized carbons (Fsp3) is 0.350. The van der Waals surface area contributed by atoms with Crippen LogP contribution in [0.1, 0.15) is 23.7 Å². The van der Waals surface area contributed by atoms with Crippen molar-refractivity contribution in [1.29, 1.82) is 0 Å². The van der Waals surface area contributed by atoms with Gasteiger partial charge in [-0.3, -0.25) is 4.90 Å². The molecular formula is C20H19ClF3N5O2. The summed E-state index contributed by atoms with van der Waals surface area (Å²) < 4.78 is 47.2. The predicted octanol–water partition coefficient (Wildman–Crippen LogP) is 4.77. The Balaban J connectivity index is 1.69. The molecule has 0 saturated carbocycles. The molecule has 7 nitrogen and oxygen atoms in total. The first-order valence-corrected chi connectivity index (χ1v) is 9.86. The maximum atomic E-state index is 13.7. The molecule has 0 spiro atoms. The van der Waals surface area contributed by atoms with Gasteiger partial charge in [0.05, 0.1) is 24.7 Å². The van der Waals surface area contributed by atoms with Crippen molar-refractivity contribution in [2.45, 2.75) is 25.1 Å². The molecule has 164 valence electrons. The first-order chi connectivity index (χ1) is 14.7. The van der Waals surface area contributed by atoms with Crippen LogP contribution >= 0.6 is 11.6 Å². The summed E-state index contributed by atoms with van der Waals surface area (Å²) in [6, 6.07) is 5.51. The normalized spacial score (nSPS) is 15.0. The maximum absolute atomic E-state index is 13.7. The number of ether oxygens (including phenoxy) is 1. The molecule has 0 bridgehead atoms. The van der Waals surface area contributed by atoms with Crippen LogP contribution in [0.25, 0.3) is 5.65 Å². The number of aromatic nitrogens is 3. The topological polar surface area (TPSA) is 63.0 Å². The third kappa shape index (κ3) is 3.87. The predicted molar refractivity (Wildman–Crippen MR) is 109 cm³/mol. The van der Waals surface area contributed by atoms with Gasteiger partial charge in [0.2, 0.25) is 0 Å². The number of aryl methyl sites for hydroxylation is 1. The molecule has 1 aliphatic heterocycles. The Labute approximate surface area is 181 Å². The van der Waals surface area contributed by atoms with Gasteiger partial charge >= 0.3 is 12.3 Å². The van der Waals surface area contributed by atoms with Gasteiger partial charge in [0.25, 0.3) is 0 Å². The van der Waals surface area contributed by atoms with Gasteiger partial charge in [0.15, 0.2) is 16.8 Å². The van der Waals surface area contributed by atoms with E-state index in [-0.39, 0.29) is 5.56 Å². The summed E-state index contributed by atoms with van der Waals surface area (Å²) in [7, 11) is 2.10. The van der Waals surface area contributed by atoms with Crippen LogP contribution in [0, 0.1) is 0 Å². The van der Waals surface area contributed by atoms with Gasteiger partial charge in [-0.2, -0.15) is 18.3 Å². The number of halogens is 4. The molecule has 1 amide bonds. The van der Waals surface area contributed by atoms with E-state index >= 15 is 0 Å². The molecular weight excluding hydrogens is 435 g/mol. The van der Waals surface area contributed by atoms with E-state index in [0.717, 1.165) is 38.4 Å². The number of amides is 1. The number of carbonyl (C=O) groups is 1. The van der Waals surface area contributed by atoms with Crippen LogP contribution in [-0.2, 0) is 11.2 Å². The van der Waals surface area contributed by atoms with Crippen LogP contribution in [0.4, 0.5) is 29.3 Å². The van der Waals surface area contributed by atoms with Gasteiger partial charge in [-0.25, -0.2) is 14.3 Å². The average Bonchev–Trinajstić information content (AvgIpc) is 3.13. The van der Waals surface area contributed by atoms with E-state index in [9.17, 15) is 18.0 Å². The number of carbonyl (C=O) groups excluding carboxylic acids is 1. The summed E-state index contributed by atoms with van der Waals surface area (Å²) in [6.07, 6.45) is -2.39. The number of hydrogen-bond donors (Lipinski definition) is 0. The van der Waals surface area contributed by atoms with E-state index in [1.165, 1.54) is 12.1 Å². The minimum Gasteiger partial charge on any atom is -0.453 e. The smallest absolute Gasteiger partial charge is 0.413 e. The second kappa shape index (κ2) is 7.92. The lowest BCUT2D eigenvalue weighted by Crippen LogP contribution is -2.39. The molecule has 3 aromatic rings. The van der Waals surface area contributed by atoms with Gasteiger partial charge in [-0.05, 0) is 30.5 Å². The minimum atomic E-state index is -4.66. The van der Waals surface area contributed by atoms with Crippen molar-refractivity contribution in [1.82, 2.24) is 19.5 Å². The van der Waals surface area contributed by atoms with E-state index in [0.29, 0.717) is 27.9 Å². The Morgan fingerprint density at radius 2 is 2.00 bits per heavy atom. The molecule has 1 aliphatic rings. The lowest BCUT2D eigenvalue weighted by atomic mass is 10.0. The highest BCUT2D eigenvalue weighted by atomic mass is 35.5. The molecule has 31 heavy (non-hydrogen) atoms. The summed E-state index contributed by atoms with van der Waals surface area (Å²) >= 11 is 6.01. The molecule has 0 unspecified atom stereocenters. The summed E-state index contributed by atoms with van der Waals surface area (Å²) in [5.41, 5.74) is 3.05. The molecule has 2 aromatic heterocycles. The first-order valence-electron chi connectivity index (χ1n) is 9.49. The van der Waals surface area contributed by atoms with Crippen LogP contribution in [0.3, 0.4) is 0 Å². The number of rotatable bonds is 3. The van der Waals surface area contributed by atoms with Gasteiger partial charge in [0.1, 0.15) is 0 Å². The first kappa shape index (κ1) is 21.2. The van der Waals surface area contributed by atoms with E-state index in [2.05, 4.69) is 14.8 Å². The van der Waals surface area contributed by atoms with Crippen LogP contribution in [0.5, 0.6) is 0 Å². The van der Waals surface area contributed by atoms with Crippen molar-refractivity contribution < 1.29 is 22.7 Å². The van der Waals surface area contributed by atoms with Crippen LogP contribution in [0.15, 0.2) is 36.5 Å². The second-order valence-electron chi connectivity index (χ2n) is 7.20. The Bertz CT molecular complexity index is 1120. The van der Waals surface area contributed by atoms with Crippen LogP contribution < -0.4 is 4.90 Å². The maximum Gasteiger partial charge on any atom is 0.413 e. The van der Waals surface area contributed by atoms with E-state index < -0.39 is 18.3 Å². The zero-order valence-corrected chi connectivity index (χ0v) is 17.5. The largest absolute Gasteiger partial charge is 0.453 e. The van der Waals surface area contributed by atoms with Crippen molar-refractivity contribution in [2.24, 2.45) is 0 Å². The monoisotopic (exact) mass is 453 g/mol. The zero-order valence-electron chi connectivity index (χ0n) is 16.7. The number of hydrogen-bond acceptors (Lipinski definition) is 5. The van der Waals surface area contributed by atoms with Crippen molar-refractivity contribution >= 4 is 34.7 Å². The lowest BCUT2D eigenvalue weighted by Gasteiger charge is -2.32. The van der Waals surface area contributed by atoms with Gasteiger partial charge < -0.3 is 9.64 Å². The third-order valence-electron chi connectivity index (χ3n) is 5.30. The van der Waals surface area contributed by atoms with Crippen molar-refractivity contribution in [2.75, 3.05) is 25.6 Å². The van der Waals surface area contributed by atoms with Gasteiger partial charge in [0, 0.05) is 25.3 Å². The highest BCUT2D eigenvalue weighted by Gasteiger charge is 2.45. The third-order valence-corrected chi connectivity index (χ3v) is 5.48. The fourth-order valence-corrected chi connectivity index (χ4v) is 4.09. The average molecular weight is 454 g/mol. The van der Waals surface area contributed by atoms with E-state index in [4.69, 9.17) is 11.6 Å². The second-order valence-corrected chi connectivity index (χ2v) is 7.59. The molecule has 4 rings (SSSR count). The molecule has 11 heteroatoms. The number of fused-ring (bicyclic) bond motifs is 3. The minimum absolute atomic E-state index is 0.0613. The molecule has 0 N–H and O–H groups in total. The fourth-order valence-electron chi connectivity index (χ4n) is 3.92. The van der Waals surface area contributed by atoms with Gasteiger partial charge in [-0.1, -0.05) is 23.7 Å². The SMILES string of the molecule is COC(=O)N(C)[C@@H](c1ccc(N2CCCc3c2cnc2cc(Cl)nn32)cc1)C(F)(F)F. The van der Waals surface area contributed by atoms with E-state index in [1.54, 1.807) is 28.9 Å². The van der Waals surface area contributed by atoms with Crippen molar-refractivity contribution in [3.63, 3.8) is 0 Å². The summed E-state index contributed by atoms with van der Waals surface area (Å²) in [6.45, 7) is 0.680. The van der Waals surface area contributed by atoms with Crippen molar-refractivity contribution in [3.8, 4) is 0 Å². The van der Waals surface area contributed by atoms with Crippen LogP contribution in [-0.4, -0.2) is 52.5 Å². The molecule has 0 fully saturated rings. The Morgan fingerprint density at radius 3 is 2.65 bits per heavy atom. The summed E-state index contributed by atoms with van der Waals surface area (Å²) in [5, 5.41) is 4.62. The Hall–Kier alpha value is -3.01. The quantitative estimate of drug-likeness (QED) is 0.571.